The van der Waals surface area contributed by atoms with E-state index in [4.69, 9.17) is 9.47 Å². The van der Waals surface area contributed by atoms with Crippen LogP contribution < -0.4 is 10.1 Å². The van der Waals surface area contributed by atoms with E-state index in [9.17, 15) is 21.6 Å². The van der Waals surface area contributed by atoms with E-state index in [2.05, 4.69) is 9.71 Å². The van der Waals surface area contributed by atoms with Crippen LogP contribution in [0.2, 0.25) is 0 Å². The fraction of sp³-hybridized carbons (Fsp3) is 0.400. The molecule has 1 N–H and O–H groups in total. The van der Waals surface area contributed by atoms with Crippen molar-refractivity contribution in [1.29, 1.82) is 0 Å². The second kappa shape index (κ2) is 9.25. The predicted octanol–water partition coefficient (Wildman–Crippen LogP) is 0.542. The Bertz CT molecular complexity index is 1250. The van der Waals surface area contributed by atoms with Crippen LogP contribution in [0, 0.1) is 0 Å². The minimum atomic E-state index is -3.77. The quantitative estimate of drug-likeness (QED) is 0.603. The van der Waals surface area contributed by atoms with Gasteiger partial charge in [-0.1, -0.05) is 0 Å². The smallest absolute Gasteiger partial charge is 0.257 e. The highest BCUT2D eigenvalue weighted by atomic mass is 32.2. The van der Waals surface area contributed by atoms with Crippen LogP contribution in [0.1, 0.15) is 6.92 Å². The number of nitrogens with one attached hydrogen (secondary N) is 1. The monoisotopic (exact) mass is 496 g/mol. The highest BCUT2D eigenvalue weighted by molar-refractivity contribution is 7.90. The summed E-state index contributed by atoms with van der Waals surface area (Å²) in [5.41, 5.74) is 0.475. The van der Waals surface area contributed by atoms with Crippen LogP contribution in [-0.2, 0) is 29.6 Å². The second-order valence-corrected chi connectivity index (χ2v) is 11.1. The molecule has 0 spiro atoms. The summed E-state index contributed by atoms with van der Waals surface area (Å²) < 4.78 is 65.2. The van der Waals surface area contributed by atoms with E-state index in [0.29, 0.717) is 25.6 Å². The number of morpholine rings is 1. The molecule has 178 valence electrons. The molecule has 0 unspecified atom stereocenters. The average Bonchev–Trinajstić information content (AvgIpc) is 2.80. The molecule has 0 radical (unpaired) electrons. The molecule has 1 aromatic rings. The van der Waals surface area contributed by atoms with Crippen LogP contribution in [-0.4, -0.2) is 83.0 Å². The van der Waals surface area contributed by atoms with Crippen LogP contribution in [0.25, 0.3) is 0 Å². The number of anilines is 1. The van der Waals surface area contributed by atoms with Crippen LogP contribution in [0.15, 0.2) is 51.4 Å². The van der Waals surface area contributed by atoms with Crippen molar-refractivity contribution in [1.82, 2.24) is 9.21 Å². The maximum atomic E-state index is 13.0. The van der Waals surface area contributed by atoms with E-state index in [1.807, 2.05) is 0 Å². The van der Waals surface area contributed by atoms with E-state index in [1.54, 1.807) is 11.8 Å². The summed E-state index contributed by atoms with van der Waals surface area (Å²) in [5.74, 6) is -0.0726. The van der Waals surface area contributed by atoms with Crippen LogP contribution in [0.3, 0.4) is 0 Å². The molecule has 13 heteroatoms. The molecule has 1 amide bonds. The van der Waals surface area contributed by atoms with Gasteiger partial charge in [-0.25, -0.2) is 16.8 Å². The van der Waals surface area contributed by atoms with Crippen molar-refractivity contribution in [2.45, 2.75) is 11.8 Å². The number of hydrogen-bond acceptors (Lipinski definition) is 8. The van der Waals surface area contributed by atoms with Crippen molar-refractivity contribution < 1.29 is 31.1 Å². The van der Waals surface area contributed by atoms with Gasteiger partial charge in [-0.2, -0.15) is 4.31 Å². The van der Waals surface area contributed by atoms with Gasteiger partial charge in [0.2, 0.25) is 10.0 Å². The first-order valence-electron chi connectivity index (χ1n) is 10.3. The Morgan fingerprint density at radius 1 is 1.21 bits per heavy atom. The number of hydrogen-bond donors (Lipinski definition) is 1. The highest BCUT2D eigenvalue weighted by Gasteiger charge is 2.28. The number of carbonyl (C=O) groups is 1. The summed E-state index contributed by atoms with van der Waals surface area (Å²) in [6.45, 7) is 3.44. The zero-order chi connectivity index (χ0) is 23.6. The molecule has 0 aliphatic carbocycles. The van der Waals surface area contributed by atoms with Gasteiger partial charge < -0.3 is 19.7 Å². The first-order chi connectivity index (χ1) is 15.7. The van der Waals surface area contributed by atoms with Gasteiger partial charge in [-0.05, 0) is 37.3 Å². The summed E-state index contributed by atoms with van der Waals surface area (Å²) in [4.78, 5) is 14.6. The molecular formula is C20H24N4O7S2. The zero-order valence-corrected chi connectivity index (χ0v) is 19.6. The summed E-state index contributed by atoms with van der Waals surface area (Å²) in [7, 11) is -7.27. The van der Waals surface area contributed by atoms with Gasteiger partial charge in [-0.3, -0.25) is 4.79 Å². The number of benzene rings is 1. The van der Waals surface area contributed by atoms with E-state index < -0.39 is 26.0 Å². The van der Waals surface area contributed by atoms with E-state index >= 15 is 0 Å². The molecule has 3 aliphatic rings. The Hall–Kier alpha value is -2.74. The number of sulfonamides is 2. The SMILES string of the molecule is CCOc1ccc(S(=O)(=O)N2CCOCC2)cc1NC(=O)C1=CN2CCS(=O)(=O)N=C2C=C1. The fourth-order valence-corrected chi connectivity index (χ4v) is 5.92. The molecule has 3 heterocycles. The number of fused-ring (bicyclic) bond motifs is 1. The number of carbonyl (C=O) groups excluding carboxylic acids is 1. The number of amidine groups is 1. The summed E-state index contributed by atoms with van der Waals surface area (Å²) >= 11 is 0. The molecular weight excluding hydrogens is 472 g/mol. The molecule has 1 saturated heterocycles. The third-order valence-electron chi connectivity index (χ3n) is 5.19. The summed E-state index contributed by atoms with van der Waals surface area (Å²) in [6.07, 6.45) is 4.42. The lowest BCUT2D eigenvalue weighted by Gasteiger charge is -2.27. The maximum Gasteiger partial charge on any atom is 0.257 e. The lowest BCUT2D eigenvalue weighted by Crippen LogP contribution is -2.40. The maximum absolute atomic E-state index is 13.0. The van der Waals surface area contributed by atoms with Gasteiger partial charge in [0, 0.05) is 25.8 Å². The van der Waals surface area contributed by atoms with Crippen molar-refractivity contribution in [2.24, 2.45) is 4.40 Å². The molecule has 0 saturated carbocycles. The molecule has 3 aliphatic heterocycles. The molecule has 4 rings (SSSR count). The van der Waals surface area contributed by atoms with Crippen molar-refractivity contribution in [2.75, 3.05) is 50.5 Å². The first-order valence-corrected chi connectivity index (χ1v) is 13.4. The van der Waals surface area contributed by atoms with Crippen LogP contribution in [0.5, 0.6) is 5.75 Å². The largest absolute Gasteiger partial charge is 0.492 e. The van der Waals surface area contributed by atoms with Gasteiger partial charge in [0.15, 0.2) is 0 Å². The van der Waals surface area contributed by atoms with Gasteiger partial charge in [0.25, 0.3) is 15.9 Å². The Morgan fingerprint density at radius 3 is 2.70 bits per heavy atom. The normalized spacial score (nSPS) is 20.5. The molecule has 11 nitrogen and oxygen atoms in total. The topological polar surface area (TPSA) is 135 Å². The first kappa shape index (κ1) is 23.4. The lowest BCUT2D eigenvalue weighted by molar-refractivity contribution is -0.112. The van der Waals surface area contributed by atoms with Crippen LogP contribution in [0.4, 0.5) is 5.69 Å². The van der Waals surface area contributed by atoms with Crippen molar-refractivity contribution in [3.63, 3.8) is 0 Å². The molecule has 0 bridgehead atoms. The number of nitrogens with zero attached hydrogens (tertiary/aromatic N) is 3. The minimum absolute atomic E-state index is 0.0342. The average molecular weight is 497 g/mol. The Kier molecular flexibility index (Phi) is 6.56. The lowest BCUT2D eigenvalue weighted by atomic mass is 10.1. The third-order valence-corrected chi connectivity index (χ3v) is 8.25. The standard InChI is InChI=1S/C20H24N4O7S2/c1-2-31-18-5-4-16(33(28,29)24-7-10-30-11-8-24)13-17(18)21-20(25)15-3-6-19-22-32(26,27)12-9-23(19)14-15/h3-6,13-14H,2,7-12H2,1H3,(H,21,25). The van der Waals surface area contributed by atoms with Crippen molar-refractivity contribution in [3.8, 4) is 5.75 Å². The van der Waals surface area contributed by atoms with Crippen LogP contribution >= 0.6 is 0 Å². The third kappa shape index (κ3) is 5.11. The number of amides is 1. The molecule has 1 aromatic carbocycles. The number of ether oxygens (including phenoxy) is 2. The molecule has 0 aromatic heterocycles. The Labute approximate surface area is 192 Å². The Balaban J connectivity index is 1.59. The van der Waals surface area contributed by atoms with Gasteiger partial charge in [0.1, 0.15) is 11.6 Å². The van der Waals surface area contributed by atoms with Gasteiger partial charge >= 0.3 is 0 Å². The fourth-order valence-electron chi connectivity index (χ4n) is 3.51. The van der Waals surface area contributed by atoms with Crippen molar-refractivity contribution in [3.05, 3.63) is 42.1 Å². The summed E-state index contributed by atoms with van der Waals surface area (Å²) in [5, 5.41) is 2.72. The van der Waals surface area contributed by atoms with E-state index in [-0.39, 0.29) is 47.4 Å². The van der Waals surface area contributed by atoms with Crippen molar-refractivity contribution >= 4 is 37.5 Å². The minimum Gasteiger partial charge on any atom is -0.492 e. The van der Waals surface area contributed by atoms with Gasteiger partial charge in [-0.15, -0.1) is 4.40 Å². The zero-order valence-electron chi connectivity index (χ0n) is 17.9. The van der Waals surface area contributed by atoms with E-state index in [0.717, 1.165) is 0 Å². The molecule has 33 heavy (non-hydrogen) atoms. The predicted molar refractivity (Wildman–Crippen MR) is 121 cm³/mol. The molecule has 1 fully saturated rings. The highest BCUT2D eigenvalue weighted by Crippen LogP contribution is 2.30. The van der Waals surface area contributed by atoms with Gasteiger partial charge in [0.05, 0.1) is 41.7 Å². The molecule has 0 atom stereocenters. The second-order valence-electron chi connectivity index (χ2n) is 7.41. The summed E-state index contributed by atoms with van der Waals surface area (Å²) in [6, 6.07) is 4.33. The van der Waals surface area contributed by atoms with E-state index in [1.165, 1.54) is 40.9 Å². The Morgan fingerprint density at radius 2 is 1.97 bits per heavy atom. The number of rotatable bonds is 6.